The Hall–Kier alpha value is -4.50. The van der Waals surface area contributed by atoms with Gasteiger partial charge in [-0.25, -0.2) is 0 Å². The van der Waals surface area contributed by atoms with Crippen LogP contribution < -0.4 is 29.6 Å². The maximum atomic E-state index is 12.5. The molecule has 0 spiro atoms. The van der Waals surface area contributed by atoms with E-state index in [4.69, 9.17) is 18.9 Å². The molecule has 4 rings (SSSR count). The summed E-state index contributed by atoms with van der Waals surface area (Å²) >= 11 is 0. The van der Waals surface area contributed by atoms with Crippen LogP contribution in [0.2, 0.25) is 0 Å². The van der Waals surface area contributed by atoms with Crippen molar-refractivity contribution in [3.8, 4) is 23.0 Å². The molecule has 2 aliphatic carbocycles. The topological polar surface area (TPSA) is 98.4 Å². The first kappa shape index (κ1) is 36.3. The third-order valence-electron chi connectivity index (χ3n) is 9.38. The minimum Gasteiger partial charge on any atom is -0.493 e. The zero-order valence-corrected chi connectivity index (χ0v) is 29.9. The second-order valence-corrected chi connectivity index (χ2v) is 13.3. The summed E-state index contributed by atoms with van der Waals surface area (Å²) in [6.07, 6.45) is 12.8. The Morgan fingerprint density at radius 2 is 1.00 bits per heavy atom. The smallest absolute Gasteiger partial charge is 0.243 e. The van der Waals surface area contributed by atoms with Crippen LogP contribution in [0, 0.1) is 0 Å². The molecule has 258 valence electrons. The van der Waals surface area contributed by atoms with E-state index >= 15 is 0 Å². The highest BCUT2D eigenvalue weighted by atomic mass is 16.5. The number of allylic oxidation sites excluding steroid dienone is 4. The molecule has 0 aromatic heterocycles. The first-order chi connectivity index (χ1) is 22.8. The molecule has 9 heteroatoms. The Morgan fingerprint density at radius 3 is 1.35 bits per heavy atom. The lowest BCUT2D eigenvalue weighted by atomic mass is 9.81. The van der Waals surface area contributed by atoms with E-state index in [1.807, 2.05) is 36.4 Å². The molecule has 2 aliphatic rings. The molecule has 2 amide bonds. The van der Waals surface area contributed by atoms with E-state index in [1.54, 1.807) is 40.6 Å². The third-order valence-corrected chi connectivity index (χ3v) is 9.38. The van der Waals surface area contributed by atoms with E-state index in [9.17, 15) is 9.59 Å². The van der Waals surface area contributed by atoms with Gasteiger partial charge in [0, 0.05) is 36.1 Å². The number of carbonyl (C=O) groups is 2. The van der Waals surface area contributed by atoms with Crippen molar-refractivity contribution in [2.45, 2.75) is 51.4 Å². The van der Waals surface area contributed by atoms with E-state index in [1.165, 1.54) is 0 Å². The molecular formula is C39H51N3O6. The molecule has 0 bridgehead atoms. The SMILES string of the molecule is COc1cc2c(cc1OC)C(C)(C)C(/C=C/C(=O)NCCCN(C)CCCNC(=O)/C=C/C1=Cc3cc(OC)c(OC)cc3C1(C)C)=C2. The average Bonchev–Trinajstić information content (AvgIpc) is 3.47. The van der Waals surface area contributed by atoms with Gasteiger partial charge in [-0.1, -0.05) is 52.0 Å². The Kier molecular flexibility index (Phi) is 11.8. The molecule has 2 N–H and O–H groups in total. The predicted octanol–water partition coefficient (Wildman–Crippen LogP) is 5.83. The molecule has 0 saturated carbocycles. The molecule has 48 heavy (non-hydrogen) atoms. The summed E-state index contributed by atoms with van der Waals surface area (Å²) in [5.41, 5.74) is 6.00. The lowest BCUT2D eigenvalue weighted by molar-refractivity contribution is -0.117. The monoisotopic (exact) mass is 657 g/mol. The highest BCUT2D eigenvalue weighted by molar-refractivity contribution is 5.89. The van der Waals surface area contributed by atoms with Crippen LogP contribution in [-0.4, -0.2) is 78.4 Å². The molecule has 2 aromatic rings. The molecule has 0 radical (unpaired) electrons. The normalized spacial score (nSPS) is 15.6. The Morgan fingerprint density at radius 1 is 0.646 bits per heavy atom. The molecule has 0 fully saturated rings. The fourth-order valence-corrected chi connectivity index (χ4v) is 6.31. The van der Waals surface area contributed by atoms with Crippen LogP contribution in [0.4, 0.5) is 0 Å². The number of nitrogens with one attached hydrogen (secondary N) is 2. The van der Waals surface area contributed by atoms with Crippen molar-refractivity contribution in [1.82, 2.24) is 15.5 Å². The number of carbonyl (C=O) groups excluding carboxylic acids is 2. The van der Waals surface area contributed by atoms with E-state index in [0.717, 1.165) is 59.3 Å². The third kappa shape index (κ3) is 8.13. The first-order valence-electron chi connectivity index (χ1n) is 16.4. The van der Waals surface area contributed by atoms with Crippen molar-refractivity contribution in [3.63, 3.8) is 0 Å². The van der Waals surface area contributed by atoms with Crippen molar-refractivity contribution in [3.05, 3.63) is 82.0 Å². The van der Waals surface area contributed by atoms with E-state index in [-0.39, 0.29) is 22.6 Å². The van der Waals surface area contributed by atoms with Crippen molar-refractivity contribution >= 4 is 24.0 Å². The summed E-state index contributed by atoms with van der Waals surface area (Å²) in [5.74, 6) is 2.53. The van der Waals surface area contributed by atoms with E-state index in [0.29, 0.717) is 36.1 Å². The van der Waals surface area contributed by atoms with Gasteiger partial charge in [-0.05, 0) is 90.6 Å². The van der Waals surface area contributed by atoms with Gasteiger partial charge in [-0.2, -0.15) is 0 Å². The predicted molar refractivity (Wildman–Crippen MR) is 192 cm³/mol. The van der Waals surface area contributed by atoms with Gasteiger partial charge in [0.2, 0.25) is 11.8 Å². The van der Waals surface area contributed by atoms with Gasteiger partial charge in [-0.15, -0.1) is 0 Å². The van der Waals surface area contributed by atoms with Crippen LogP contribution in [0.5, 0.6) is 23.0 Å². The van der Waals surface area contributed by atoms with Gasteiger partial charge in [-0.3, -0.25) is 9.59 Å². The largest absolute Gasteiger partial charge is 0.493 e. The molecule has 0 aliphatic heterocycles. The fourth-order valence-electron chi connectivity index (χ4n) is 6.31. The Bertz CT molecular complexity index is 1510. The molecule has 9 nitrogen and oxygen atoms in total. The lowest BCUT2D eigenvalue weighted by Crippen LogP contribution is -2.30. The highest BCUT2D eigenvalue weighted by Crippen LogP contribution is 2.47. The molecular weight excluding hydrogens is 606 g/mol. The van der Waals surface area contributed by atoms with Gasteiger partial charge in [0.25, 0.3) is 0 Å². The van der Waals surface area contributed by atoms with Crippen LogP contribution in [0.1, 0.15) is 62.8 Å². The lowest BCUT2D eigenvalue weighted by Gasteiger charge is -2.23. The maximum Gasteiger partial charge on any atom is 0.243 e. The number of methoxy groups -OCH3 is 4. The van der Waals surface area contributed by atoms with Crippen LogP contribution in [-0.2, 0) is 20.4 Å². The van der Waals surface area contributed by atoms with Gasteiger partial charge >= 0.3 is 0 Å². The average molecular weight is 658 g/mol. The maximum absolute atomic E-state index is 12.5. The Labute approximate surface area is 285 Å². The van der Waals surface area contributed by atoms with Crippen LogP contribution in [0.25, 0.3) is 12.2 Å². The molecule has 0 heterocycles. The molecule has 0 saturated heterocycles. The highest BCUT2D eigenvalue weighted by Gasteiger charge is 2.34. The van der Waals surface area contributed by atoms with Crippen molar-refractivity contribution < 1.29 is 28.5 Å². The number of fused-ring (bicyclic) bond motifs is 2. The summed E-state index contributed by atoms with van der Waals surface area (Å²) in [5, 5.41) is 5.98. The minimum absolute atomic E-state index is 0.115. The molecule has 2 aromatic carbocycles. The molecule has 0 atom stereocenters. The van der Waals surface area contributed by atoms with Crippen LogP contribution >= 0.6 is 0 Å². The second kappa shape index (κ2) is 15.6. The number of nitrogens with zero attached hydrogens (tertiary/aromatic N) is 1. The van der Waals surface area contributed by atoms with Gasteiger partial charge in [0.15, 0.2) is 23.0 Å². The number of rotatable bonds is 16. The second-order valence-electron chi connectivity index (χ2n) is 13.3. The fraction of sp³-hybridized carbons (Fsp3) is 0.436. The standard InChI is InChI=1S/C39H51N3O6/c1-38(2)28(20-26-22-32(45-6)34(47-8)24-30(26)38)12-14-36(43)40-16-10-18-42(5)19-11-17-41-37(44)15-13-29-21-27-23-33(46-7)35(48-9)25-31(27)39(29,3)4/h12-15,20-25H,10-11,16-19H2,1-9H3,(H,40,43)(H,41,44)/b14-12+,15-13+. The van der Waals surface area contributed by atoms with Gasteiger partial charge in [0.1, 0.15) is 0 Å². The van der Waals surface area contributed by atoms with Crippen LogP contribution in [0.15, 0.2) is 59.7 Å². The summed E-state index contributed by atoms with van der Waals surface area (Å²) in [6.45, 7) is 11.4. The first-order valence-corrected chi connectivity index (χ1v) is 16.4. The zero-order chi connectivity index (χ0) is 35.1. The summed E-state index contributed by atoms with van der Waals surface area (Å²) < 4.78 is 21.9. The van der Waals surface area contributed by atoms with Gasteiger partial charge in [0.05, 0.1) is 28.4 Å². The number of hydrogen-bond donors (Lipinski definition) is 2. The van der Waals surface area contributed by atoms with E-state index < -0.39 is 0 Å². The quantitative estimate of drug-likeness (QED) is 0.173. The Balaban J connectivity index is 1.14. The minimum atomic E-state index is -0.259. The summed E-state index contributed by atoms with van der Waals surface area (Å²) in [6, 6.07) is 7.98. The summed E-state index contributed by atoms with van der Waals surface area (Å²) in [4.78, 5) is 27.3. The zero-order valence-electron chi connectivity index (χ0n) is 29.9. The number of ether oxygens (including phenoxy) is 4. The number of amides is 2. The molecule has 0 unspecified atom stereocenters. The van der Waals surface area contributed by atoms with Crippen molar-refractivity contribution in [2.75, 3.05) is 61.7 Å². The number of benzene rings is 2. The summed E-state index contributed by atoms with van der Waals surface area (Å²) in [7, 11) is 8.57. The van der Waals surface area contributed by atoms with Crippen molar-refractivity contribution in [1.29, 1.82) is 0 Å². The van der Waals surface area contributed by atoms with Crippen LogP contribution in [0.3, 0.4) is 0 Å². The van der Waals surface area contributed by atoms with Gasteiger partial charge < -0.3 is 34.5 Å². The number of hydrogen-bond acceptors (Lipinski definition) is 7. The van der Waals surface area contributed by atoms with Crippen molar-refractivity contribution in [2.24, 2.45) is 0 Å². The van der Waals surface area contributed by atoms with E-state index in [2.05, 4.69) is 62.4 Å².